The molecular weight excluding hydrogens is 200 g/mol. The monoisotopic (exact) mass is 218 g/mol. The minimum atomic E-state index is -0.396. The minimum absolute atomic E-state index is 0.396. The average molecular weight is 218 g/mol. The molecule has 4 heteroatoms. The molecule has 0 aromatic carbocycles. The van der Waals surface area contributed by atoms with E-state index in [1.165, 1.54) is 0 Å². The van der Waals surface area contributed by atoms with Crippen LogP contribution in [0.4, 0.5) is 0 Å². The number of nitrogens with zero attached hydrogens (tertiary/aromatic N) is 2. The lowest BCUT2D eigenvalue weighted by Crippen LogP contribution is -2.55. The molecule has 0 saturated carbocycles. The molecule has 2 heterocycles. The van der Waals surface area contributed by atoms with E-state index in [-0.39, 0.29) is 0 Å². The first-order chi connectivity index (χ1) is 7.74. The van der Waals surface area contributed by atoms with E-state index < -0.39 is 5.54 Å². The third-order valence-electron chi connectivity index (χ3n) is 3.25. The average Bonchev–Trinajstić information content (AvgIpc) is 2.83. The maximum Gasteiger partial charge on any atom is 0.111 e. The number of piperazine rings is 1. The largest absolute Gasteiger partial charge is 0.365 e. The SMILES string of the molecule is CC(C#N)(Cc1ccc[nH]1)N1CCNCC1. The molecule has 4 nitrogen and oxygen atoms in total. The predicted octanol–water partition coefficient (Wildman–Crippen LogP) is 0.745. The Morgan fingerprint density at radius 1 is 1.50 bits per heavy atom. The van der Waals surface area contributed by atoms with Gasteiger partial charge in [-0.05, 0) is 19.1 Å². The summed E-state index contributed by atoms with van der Waals surface area (Å²) >= 11 is 0. The van der Waals surface area contributed by atoms with Gasteiger partial charge in [0.05, 0.1) is 6.07 Å². The highest BCUT2D eigenvalue weighted by atomic mass is 15.2. The van der Waals surface area contributed by atoms with Gasteiger partial charge in [-0.3, -0.25) is 4.90 Å². The van der Waals surface area contributed by atoms with Crippen molar-refractivity contribution in [3.8, 4) is 6.07 Å². The topological polar surface area (TPSA) is 54.9 Å². The number of nitrogens with one attached hydrogen (secondary N) is 2. The summed E-state index contributed by atoms with van der Waals surface area (Å²) in [6.45, 7) is 5.87. The molecule has 1 fully saturated rings. The Labute approximate surface area is 96.3 Å². The number of H-pyrrole nitrogens is 1. The molecule has 2 rings (SSSR count). The van der Waals surface area contributed by atoms with E-state index in [1.807, 2.05) is 25.3 Å². The molecule has 1 aromatic heterocycles. The fraction of sp³-hybridized carbons (Fsp3) is 0.583. The van der Waals surface area contributed by atoms with Crippen molar-refractivity contribution in [2.75, 3.05) is 26.2 Å². The van der Waals surface area contributed by atoms with Crippen LogP contribution in [-0.2, 0) is 6.42 Å². The molecule has 2 N–H and O–H groups in total. The lowest BCUT2D eigenvalue weighted by molar-refractivity contribution is 0.132. The molecule has 1 aliphatic rings. The standard InChI is InChI=1S/C12H18N4/c1-12(10-13,9-11-3-2-4-15-11)16-7-5-14-6-8-16/h2-4,14-15H,5-9H2,1H3. The van der Waals surface area contributed by atoms with Crippen LogP contribution >= 0.6 is 0 Å². The van der Waals surface area contributed by atoms with Gasteiger partial charge >= 0.3 is 0 Å². The van der Waals surface area contributed by atoms with E-state index in [9.17, 15) is 5.26 Å². The Morgan fingerprint density at radius 2 is 2.25 bits per heavy atom. The smallest absolute Gasteiger partial charge is 0.111 e. The highest BCUT2D eigenvalue weighted by Gasteiger charge is 2.33. The molecular formula is C12H18N4. The molecule has 1 atom stereocenters. The second-order valence-corrected chi connectivity index (χ2v) is 4.49. The van der Waals surface area contributed by atoms with Crippen LogP contribution in [0.15, 0.2) is 18.3 Å². The van der Waals surface area contributed by atoms with Gasteiger partial charge in [0.2, 0.25) is 0 Å². The Balaban J connectivity index is 2.09. The van der Waals surface area contributed by atoms with Gasteiger partial charge in [-0.15, -0.1) is 0 Å². The highest BCUT2D eigenvalue weighted by Crippen LogP contribution is 2.19. The summed E-state index contributed by atoms with van der Waals surface area (Å²) in [5, 5.41) is 12.7. The van der Waals surface area contributed by atoms with Gasteiger partial charge in [-0.25, -0.2) is 0 Å². The number of nitriles is 1. The van der Waals surface area contributed by atoms with Crippen LogP contribution in [0.3, 0.4) is 0 Å². The number of rotatable bonds is 3. The first-order valence-electron chi connectivity index (χ1n) is 5.74. The van der Waals surface area contributed by atoms with E-state index >= 15 is 0 Å². The molecule has 1 unspecified atom stereocenters. The van der Waals surface area contributed by atoms with Crippen molar-refractivity contribution in [2.45, 2.75) is 18.9 Å². The van der Waals surface area contributed by atoms with Crippen LogP contribution in [0, 0.1) is 11.3 Å². The van der Waals surface area contributed by atoms with Crippen molar-refractivity contribution in [1.82, 2.24) is 15.2 Å². The van der Waals surface area contributed by atoms with E-state index in [2.05, 4.69) is 21.3 Å². The zero-order chi connectivity index (χ0) is 11.4. The van der Waals surface area contributed by atoms with Crippen LogP contribution in [0.25, 0.3) is 0 Å². The Hall–Kier alpha value is -1.31. The number of aromatic amines is 1. The molecule has 0 aliphatic carbocycles. The van der Waals surface area contributed by atoms with E-state index in [4.69, 9.17) is 0 Å². The third-order valence-corrected chi connectivity index (χ3v) is 3.25. The van der Waals surface area contributed by atoms with Crippen LogP contribution < -0.4 is 5.32 Å². The van der Waals surface area contributed by atoms with Gasteiger partial charge in [0, 0.05) is 44.5 Å². The summed E-state index contributed by atoms with van der Waals surface area (Å²) in [4.78, 5) is 5.44. The van der Waals surface area contributed by atoms with Crippen LogP contribution in [0.1, 0.15) is 12.6 Å². The molecule has 0 spiro atoms. The molecule has 86 valence electrons. The summed E-state index contributed by atoms with van der Waals surface area (Å²) in [5.74, 6) is 0. The molecule has 0 radical (unpaired) electrons. The molecule has 16 heavy (non-hydrogen) atoms. The summed E-state index contributed by atoms with van der Waals surface area (Å²) in [6.07, 6.45) is 2.67. The summed E-state index contributed by atoms with van der Waals surface area (Å²) in [6, 6.07) is 6.48. The summed E-state index contributed by atoms with van der Waals surface area (Å²) in [7, 11) is 0. The lowest BCUT2D eigenvalue weighted by Gasteiger charge is -2.38. The minimum Gasteiger partial charge on any atom is -0.365 e. The van der Waals surface area contributed by atoms with Gasteiger partial charge in [0.25, 0.3) is 0 Å². The van der Waals surface area contributed by atoms with Crippen molar-refractivity contribution in [2.24, 2.45) is 0 Å². The number of hydrogen-bond acceptors (Lipinski definition) is 3. The summed E-state index contributed by atoms with van der Waals surface area (Å²) < 4.78 is 0. The second kappa shape index (κ2) is 4.69. The van der Waals surface area contributed by atoms with E-state index in [0.29, 0.717) is 0 Å². The maximum absolute atomic E-state index is 9.41. The number of hydrogen-bond donors (Lipinski definition) is 2. The zero-order valence-corrected chi connectivity index (χ0v) is 9.66. The van der Waals surface area contributed by atoms with Gasteiger partial charge in [0.1, 0.15) is 5.54 Å². The molecule has 1 aliphatic heterocycles. The van der Waals surface area contributed by atoms with Crippen LogP contribution in [0.5, 0.6) is 0 Å². The van der Waals surface area contributed by atoms with Crippen molar-refractivity contribution < 1.29 is 0 Å². The van der Waals surface area contributed by atoms with Crippen LogP contribution in [-0.4, -0.2) is 41.6 Å². The quantitative estimate of drug-likeness (QED) is 0.787. The van der Waals surface area contributed by atoms with Crippen molar-refractivity contribution in [3.63, 3.8) is 0 Å². The molecule has 1 saturated heterocycles. The molecule has 1 aromatic rings. The first-order valence-corrected chi connectivity index (χ1v) is 5.74. The van der Waals surface area contributed by atoms with Gasteiger partial charge in [-0.2, -0.15) is 5.26 Å². The van der Waals surface area contributed by atoms with Crippen LogP contribution in [0.2, 0.25) is 0 Å². The predicted molar refractivity (Wildman–Crippen MR) is 63.0 cm³/mol. The van der Waals surface area contributed by atoms with Crippen molar-refractivity contribution in [1.29, 1.82) is 5.26 Å². The Kier molecular flexibility index (Phi) is 3.28. The van der Waals surface area contributed by atoms with Crippen molar-refractivity contribution >= 4 is 0 Å². The lowest BCUT2D eigenvalue weighted by atomic mass is 9.94. The van der Waals surface area contributed by atoms with E-state index in [1.54, 1.807) is 0 Å². The van der Waals surface area contributed by atoms with Gasteiger partial charge in [-0.1, -0.05) is 0 Å². The summed E-state index contributed by atoms with van der Waals surface area (Å²) in [5.41, 5.74) is 0.732. The Bertz CT molecular complexity index is 359. The number of aromatic nitrogens is 1. The third kappa shape index (κ3) is 2.26. The Morgan fingerprint density at radius 3 is 2.81 bits per heavy atom. The fourth-order valence-electron chi connectivity index (χ4n) is 2.23. The maximum atomic E-state index is 9.41. The molecule has 0 bridgehead atoms. The first kappa shape index (κ1) is 11.2. The second-order valence-electron chi connectivity index (χ2n) is 4.49. The zero-order valence-electron chi connectivity index (χ0n) is 9.66. The molecule has 0 amide bonds. The normalized spacial score (nSPS) is 21.2. The van der Waals surface area contributed by atoms with Crippen molar-refractivity contribution in [3.05, 3.63) is 24.0 Å². The highest BCUT2D eigenvalue weighted by molar-refractivity contribution is 5.16. The van der Waals surface area contributed by atoms with Gasteiger partial charge < -0.3 is 10.3 Å². The fourth-order valence-corrected chi connectivity index (χ4v) is 2.23. The van der Waals surface area contributed by atoms with E-state index in [0.717, 1.165) is 38.3 Å². The van der Waals surface area contributed by atoms with Gasteiger partial charge in [0.15, 0.2) is 0 Å².